The van der Waals surface area contributed by atoms with E-state index >= 15 is 0 Å². The molecule has 1 aromatic carbocycles. The van der Waals surface area contributed by atoms with E-state index in [1.807, 2.05) is 0 Å². The Morgan fingerprint density at radius 1 is 1.04 bits per heavy atom. The Labute approximate surface area is 318 Å². The van der Waals surface area contributed by atoms with Gasteiger partial charge in [-0.05, 0) is 70.9 Å². The van der Waals surface area contributed by atoms with Crippen molar-refractivity contribution in [2.45, 2.75) is 154 Å². The van der Waals surface area contributed by atoms with Crippen molar-refractivity contribution < 1.29 is 49.0 Å². The van der Waals surface area contributed by atoms with Gasteiger partial charge in [-0.15, -0.1) is 0 Å². The highest BCUT2D eigenvalue weighted by Gasteiger charge is 2.42. The summed E-state index contributed by atoms with van der Waals surface area (Å²) in [5.41, 5.74) is -1.12. The number of rotatable bonds is 23. The summed E-state index contributed by atoms with van der Waals surface area (Å²) in [6.07, 6.45) is 11.5. The fourth-order valence-electron chi connectivity index (χ4n) is 6.41. The SMILES string of the molecule is CCCCCCCCCCCC(=O)N(O)CCCC[C@@H](NC(=O)[C@@]1(C)COC(c2ccccc2O)=N1)C(=O)O[C@H](C)CC(=O)N[C@@H]1CCCCN(O)C1=O. The molecule has 0 saturated carbocycles. The lowest BCUT2D eigenvalue weighted by molar-refractivity contribution is -0.167. The fourth-order valence-corrected chi connectivity index (χ4v) is 6.41. The van der Waals surface area contributed by atoms with Gasteiger partial charge in [-0.2, -0.15) is 0 Å². The van der Waals surface area contributed by atoms with Crippen LogP contribution in [-0.4, -0.2) is 105 Å². The second-order valence-corrected chi connectivity index (χ2v) is 14.6. The number of phenols is 1. The monoisotopic (exact) mass is 759 g/mol. The number of hydrogen-bond acceptors (Lipinski definition) is 11. The third kappa shape index (κ3) is 14.5. The van der Waals surface area contributed by atoms with E-state index < -0.39 is 47.4 Å². The summed E-state index contributed by atoms with van der Waals surface area (Å²) >= 11 is 0. The highest BCUT2D eigenvalue weighted by atomic mass is 16.5. The lowest BCUT2D eigenvalue weighted by atomic mass is 10.0. The van der Waals surface area contributed by atoms with Crippen molar-refractivity contribution >= 4 is 35.5 Å². The molecule has 0 unspecified atom stereocenters. The van der Waals surface area contributed by atoms with Crippen molar-refractivity contribution in [1.82, 2.24) is 20.8 Å². The molecule has 0 aromatic heterocycles. The molecule has 0 aliphatic carbocycles. The topological polar surface area (TPSA) is 207 Å². The molecule has 4 amide bonds. The average Bonchev–Trinajstić information content (AvgIpc) is 3.48. The van der Waals surface area contributed by atoms with Crippen LogP contribution >= 0.6 is 0 Å². The maximum absolute atomic E-state index is 13.6. The summed E-state index contributed by atoms with van der Waals surface area (Å²) in [6.45, 7) is 5.34. The molecule has 15 heteroatoms. The second-order valence-electron chi connectivity index (χ2n) is 14.6. The van der Waals surface area contributed by atoms with Crippen LogP contribution in [0.2, 0.25) is 0 Å². The molecule has 1 aromatic rings. The molecule has 2 aliphatic rings. The minimum absolute atomic E-state index is 0.0491. The highest BCUT2D eigenvalue weighted by Crippen LogP contribution is 2.26. The Morgan fingerprint density at radius 2 is 1.72 bits per heavy atom. The molecule has 0 bridgehead atoms. The molecule has 2 heterocycles. The van der Waals surface area contributed by atoms with Gasteiger partial charge >= 0.3 is 5.97 Å². The van der Waals surface area contributed by atoms with Gasteiger partial charge < -0.3 is 25.2 Å². The molecular formula is C39H61N5O10. The number of nitrogens with one attached hydrogen (secondary N) is 2. The van der Waals surface area contributed by atoms with Crippen LogP contribution in [0.4, 0.5) is 0 Å². The molecule has 3 rings (SSSR count). The minimum Gasteiger partial charge on any atom is -0.507 e. The van der Waals surface area contributed by atoms with Crippen LogP contribution in [0, 0.1) is 0 Å². The van der Waals surface area contributed by atoms with Crippen molar-refractivity contribution in [2.75, 3.05) is 19.7 Å². The first-order valence-electron chi connectivity index (χ1n) is 19.7. The number of amides is 4. The number of hydroxylamine groups is 4. The number of carbonyl (C=O) groups excluding carboxylic acids is 5. The molecule has 5 N–H and O–H groups in total. The van der Waals surface area contributed by atoms with Gasteiger partial charge in [-0.25, -0.2) is 19.9 Å². The van der Waals surface area contributed by atoms with Crippen molar-refractivity contribution in [3.63, 3.8) is 0 Å². The molecule has 1 saturated heterocycles. The maximum Gasteiger partial charge on any atom is 0.328 e. The third-order valence-electron chi connectivity index (χ3n) is 9.74. The van der Waals surface area contributed by atoms with Gasteiger partial charge in [-0.3, -0.25) is 29.6 Å². The third-order valence-corrected chi connectivity index (χ3v) is 9.74. The number of para-hydroxylation sites is 1. The smallest absolute Gasteiger partial charge is 0.328 e. The number of aliphatic imine (C=N–C) groups is 1. The van der Waals surface area contributed by atoms with E-state index in [4.69, 9.17) is 9.47 Å². The standard InChI is InChI=1S/C39H61N5O10/c1-4-5-6-7-8-9-10-11-12-23-34(47)43(51)24-17-16-21-31(41-38(50)39(3)27-53-35(42-39)29-19-13-14-22-32(29)45)37(49)54-28(2)26-33(46)40-30-20-15-18-25-44(52)36(30)48/h13-14,19,22,28,30-31,45,51-52H,4-12,15-18,20-21,23-27H2,1-3H3,(H,40,46)(H,41,50)/t28-,30-,31-,39-/m1/s1. The summed E-state index contributed by atoms with van der Waals surface area (Å²) in [4.78, 5) is 69.1. The summed E-state index contributed by atoms with van der Waals surface area (Å²) in [7, 11) is 0. The lowest BCUT2D eigenvalue weighted by Gasteiger charge is -2.25. The van der Waals surface area contributed by atoms with Crippen molar-refractivity contribution in [3.05, 3.63) is 29.8 Å². The number of carbonyl (C=O) groups is 5. The number of ether oxygens (including phenoxy) is 2. The van der Waals surface area contributed by atoms with Gasteiger partial charge in [0.25, 0.3) is 11.8 Å². The summed E-state index contributed by atoms with van der Waals surface area (Å²) in [5.74, 6) is -2.91. The maximum atomic E-state index is 13.6. The predicted octanol–water partition coefficient (Wildman–Crippen LogP) is 4.93. The van der Waals surface area contributed by atoms with Crippen LogP contribution in [-0.2, 0) is 33.4 Å². The van der Waals surface area contributed by atoms with Crippen molar-refractivity contribution in [2.24, 2.45) is 4.99 Å². The summed E-state index contributed by atoms with van der Waals surface area (Å²) in [6, 6.07) is 4.36. The minimum atomic E-state index is -1.43. The van der Waals surface area contributed by atoms with Gasteiger partial charge in [0, 0.05) is 19.5 Å². The normalized spacial score (nSPS) is 19.6. The number of benzene rings is 1. The van der Waals surface area contributed by atoms with E-state index in [9.17, 15) is 39.5 Å². The van der Waals surface area contributed by atoms with Gasteiger partial charge in [0.2, 0.25) is 17.7 Å². The van der Waals surface area contributed by atoms with E-state index in [0.717, 1.165) is 19.3 Å². The zero-order valence-corrected chi connectivity index (χ0v) is 32.2. The van der Waals surface area contributed by atoms with Crippen molar-refractivity contribution in [1.29, 1.82) is 0 Å². The van der Waals surface area contributed by atoms with Gasteiger partial charge in [-0.1, -0.05) is 70.4 Å². The van der Waals surface area contributed by atoms with E-state index in [1.54, 1.807) is 18.2 Å². The molecular weight excluding hydrogens is 698 g/mol. The first kappa shape index (κ1) is 44.2. The zero-order valence-electron chi connectivity index (χ0n) is 32.2. The van der Waals surface area contributed by atoms with Crippen LogP contribution in [0.3, 0.4) is 0 Å². The van der Waals surface area contributed by atoms with E-state index in [-0.39, 0.29) is 56.5 Å². The van der Waals surface area contributed by atoms with Crippen molar-refractivity contribution in [3.8, 4) is 5.75 Å². The van der Waals surface area contributed by atoms with Crippen LogP contribution in [0.15, 0.2) is 29.3 Å². The number of nitrogens with zero attached hydrogens (tertiary/aromatic N) is 3. The number of unbranched alkanes of at least 4 members (excludes halogenated alkanes) is 9. The second kappa shape index (κ2) is 22.9. The summed E-state index contributed by atoms with van der Waals surface area (Å²) < 4.78 is 11.3. The van der Waals surface area contributed by atoms with Crippen LogP contribution < -0.4 is 10.6 Å². The van der Waals surface area contributed by atoms with Crippen LogP contribution in [0.1, 0.15) is 135 Å². The first-order chi connectivity index (χ1) is 25.8. The molecule has 4 atom stereocenters. The highest BCUT2D eigenvalue weighted by molar-refractivity contribution is 6.02. The number of phenolic OH excluding ortho intramolecular Hbond substituents is 1. The molecule has 15 nitrogen and oxygen atoms in total. The van der Waals surface area contributed by atoms with Gasteiger partial charge in [0.1, 0.15) is 30.5 Å². The van der Waals surface area contributed by atoms with E-state index in [2.05, 4.69) is 22.5 Å². The number of hydrogen-bond donors (Lipinski definition) is 5. The van der Waals surface area contributed by atoms with Gasteiger partial charge in [0.05, 0.1) is 12.0 Å². The summed E-state index contributed by atoms with van der Waals surface area (Å²) in [5, 5.41) is 37.1. The molecule has 2 aliphatic heterocycles. The quantitative estimate of drug-likeness (QED) is 0.0440. The Balaban J connectivity index is 1.55. The molecule has 0 radical (unpaired) electrons. The lowest BCUT2D eigenvalue weighted by Crippen LogP contribution is -2.52. The first-order valence-corrected chi connectivity index (χ1v) is 19.7. The molecule has 54 heavy (non-hydrogen) atoms. The van der Waals surface area contributed by atoms with E-state index in [0.29, 0.717) is 54.2 Å². The Bertz CT molecular complexity index is 1420. The molecule has 302 valence electrons. The molecule has 1 fully saturated rings. The Hall–Kier alpha value is -4.24. The Morgan fingerprint density at radius 3 is 2.43 bits per heavy atom. The molecule has 0 spiro atoms. The van der Waals surface area contributed by atoms with Gasteiger partial charge in [0.15, 0.2) is 5.54 Å². The predicted molar refractivity (Wildman–Crippen MR) is 200 cm³/mol. The number of esters is 1. The van der Waals surface area contributed by atoms with Crippen LogP contribution in [0.25, 0.3) is 0 Å². The fraction of sp³-hybridized carbons (Fsp3) is 0.692. The zero-order chi connectivity index (χ0) is 39.5. The van der Waals surface area contributed by atoms with Crippen LogP contribution in [0.5, 0.6) is 5.75 Å². The largest absolute Gasteiger partial charge is 0.507 e. The number of aromatic hydroxyl groups is 1. The van der Waals surface area contributed by atoms with E-state index in [1.165, 1.54) is 52.0 Å². The average molecular weight is 760 g/mol. The Kier molecular flexibility index (Phi) is 18.7.